The molecule has 2 rings (SSSR count). The fourth-order valence-corrected chi connectivity index (χ4v) is 2.34. The summed E-state index contributed by atoms with van der Waals surface area (Å²) in [6.45, 7) is 2.80. The Balaban J connectivity index is 1.83. The highest BCUT2D eigenvalue weighted by Crippen LogP contribution is 2.23. The first-order valence-electron chi connectivity index (χ1n) is 7.74. The first-order valence-corrected chi connectivity index (χ1v) is 7.74. The quantitative estimate of drug-likeness (QED) is 0.771. The van der Waals surface area contributed by atoms with Gasteiger partial charge in [-0.1, -0.05) is 49.4 Å². The molecule has 0 aliphatic carbocycles. The van der Waals surface area contributed by atoms with Gasteiger partial charge in [-0.3, -0.25) is 0 Å². The number of aryl methyl sites for hydroxylation is 1. The fourth-order valence-electron chi connectivity index (χ4n) is 2.34. The van der Waals surface area contributed by atoms with Gasteiger partial charge in [0.25, 0.3) is 0 Å². The monoisotopic (exact) mass is 284 g/mol. The minimum atomic E-state index is -0.418. The van der Waals surface area contributed by atoms with Crippen molar-refractivity contribution >= 4 is 0 Å². The van der Waals surface area contributed by atoms with E-state index in [9.17, 15) is 5.11 Å². The van der Waals surface area contributed by atoms with Gasteiger partial charge in [-0.2, -0.15) is 0 Å². The minimum absolute atomic E-state index is 0.418. The van der Waals surface area contributed by atoms with Crippen molar-refractivity contribution in [3.05, 3.63) is 65.7 Å². The fraction of sp³-hybridized carbons (Fsp3) is 0.368. The lowest BCUT2D eigenvalue weighted by Crippen LogP contribution is -2.00. The molecule has 1 N–H and O–H groups in total. The van der Waals surface area contributed by atoms with E-state index in [-0.39, 0.29) is 0 Å². The van der Waals surface area contributed by atoms with Crippen LogP contribution >= 0.6 is 0 Å². The maximum absolute atomic E-state index is 10.3. The van der Waals surface area contributed by atoms with Crippen LogP contribution in [0.2, 0.25) is 0 Å². The van der Waals surface area contributed by atoms with E-state index in [0.29, 0.717) is 6.61 Å². The predicted molar refractivity (Wildman–Crippen MR) is 86.6 cm³/mol. The van der Waals surface area contributed by atoms with Gasteiger partial charge in [0.2, 0.25) is 0 Å². The third kappa shape index (κ3) is 5.24. The summed E-state index contributed by atoms with van der Waals surface area (Å²) in [5, 5.41) is 10.3. The molecule has 2 nitrogen and oxygen atoms in total. The summed E-state index contributed by atoms with van der Waals surface area (Å²) < 4.78 is 5.61. The zero-order valence-electron chi connectivity index (χ0n) is 12.7. The first kappa shape index (κ1) is 15.6. The van der Waals surface area contributed by atoms with Crippen LogP contribution in [0.3, 0.4) is 0 Å². The molecule has 112 valence electrons. The maximum Gasteiger partial charge on any atom is 0.119 e. The Morgan fingerprint density at radius 3 is 2.62 bits per heavy atom. The summed E-state index contributed by atoms with van der Waals surface area (Å²) >= 11 is 0. The van der Waals surface area contributed by atoms with Crippen molar-refractivity contribution in [2.45, 2.75) is 38.7 Å². The van der Waals surface area contributed by atoms with Crippen molar-refractivity contribution in [2.75, 3.05) is 6.61 Å². The average Bonchev–Trinajstić information content (AvgIpc) is 2.54. The summed E-state index contributed by atoms with van der Waals surface area (Å²) in [5.41, 5.74) is 2.27. The molecular weight excluding hydrogens is 260 g/mol. The molecule has 0 spiro atoms. The molecule has 0 heterocycles. The van der Waals surface area contributed by atoms with E-state index in [2.05, 4.69) is 31.2 Å². The molecule has 21 heavy (non-hydrogen) atoms. The molecule has 2 aromatic rings. The lowest BCUT2D eigenvalue weighted by Gasteiger charge is -2.13. The Kier molecular flexibility index (Phi) is 6.29. The van der Waals surface area contributed by atoms with Crippen LogP contribution in [0.25, 0.3) is 0 Å². The molecule has 0 bridgehead atoms. The number of hydrogen-bond donors (Lipinski definition) is 1. The number of benzene rings is 2. The van der Waals surface area contributed by atoms with E-state index in [0.717, 1.165) is 37.0 Å². The highest BCUT2D eigenvalue weighted by Gasteiger charge is 2.08. The topological polar surface area (TPSA) is 29.5 Å². The first-order chi connectivity index (χ1) is 10.3. The Labute approximate surface area is 127 Å². The van der Waals surface area contributed by atoms with Gasteiger partial charge in [-0.25, -0.2) is 0 Å². The molecular formula is C19H24O2. The summed E-state index contributed by atoms with van der Waals surface area (Å²) in [7, 11) is 0. The van der Waals surface area contributed by atoms with Gasteiger partial charge in [-0.05, 0) is 48.9 Å². The Morgan fingerprint density at radius 2 is 1.86 bits per heavy atom. The van der Waals surface area contributed by atoms with E-state index < -0.39 is 6.10 Å². The van der Waals surface area contributed by atoms with Gasteiger partial charge in [0, 0.05) is 0 Å². The highest BCUT2D eigenvalue weighted by molar-refractivity contribution is 5.29. The van der Waals surface area contributed by atoms with Gasteiger partial charge < -0.3 is 9.84 Å². The third-order valence-electron chi connectivity index (χ3n) is 3.50. The molecule has 2 aromatic carbocycles. The van der Waals surface area contributed by atoms with E-state index in [1.54, 1.807) is 0 Å². The van der Waals surface area contributed by atoms with E-state index in [1.165, 1.54) is 5.56 Å². The molecule has 0 aliphatic rings. The molecule has 0 amide bonds. The Morgan fingerprint density at radius 1 is 1.05 bits per heavy atom. The summed E-state index contributed by atoms with van der Waals surface area (Å²) in [6, 6.07) is 18.2. The van der Waals surface area contributed by atoms with Crippen molar-refractivity contribution in [2.24, 2.45) is 0 Å². The van der Waals surface area contributed by atoms with Crippen LogP contribution in [0.15, 0.2) is 54.6 Å². The predicted octanol–water partition coefficient (Wildman–Crippen LogP) is 4.53. The van der Waals surface area contributed by atoms with Crippen molar-refractivity contribution in [3.8, 4) is 5.75 Å². The van der Waals surface area contributed by atoms with Crippen molar-refractivity contribution in [1.29, 1.82) is 0 Å². The van der Waals surface area contributed by atoms with Gasteiger partial charge in [0.05, 0.1) is 12.7 Å². The Hall–Kier alpha value is -1.80. The largest absolute Gasteiger partial charge is 0.494 e. The van der Waals surface area contributed by atoms with Crippen LogP contribution in [0, 0.1) is 0 Å². The van der Waals surface area contributed by atoms with Crippen LogP contribution < -0.4 is 4.74 Å². The smallest absolute Gasteiger partial charge is 0.119 e. The zero-order valence-corrected chi connectivity index (χ0v) is 12.7. The number of aliphatic hydroxyl groups is 1. The summed E-state index contributed by atoms with van der Waals surface area (Å²) in [4.78, 5) is 0. The maximum atomic E-state index is 10.3. The molecule has 0 radical (unpaired) electrons. The summed E-state index contributed by atoms with van der Waals surface area (Å²) in [6.07, 6.45) is 3.32. The lowest BCUT2D eigenvalue weighted by molar-refractivity contribution is 0.164. The molecule has 0 aliphatic heterocycles. The second-order valence-electron chi connectivity index (χ2n) is 5.31. The van der Waals surface area contributed by atoms with E-state index in [1.807, 2.05) is 30.3 Å². The molecule has 1 atom stereocenters. The van der Waals surface area contributed by atoms with Gasteiger partial charge >= 0.3 is 0 Å². The zero-order chi connectivity index (χ0) is 14.9. The van der Waals surface area contributed by atoms with Crippen LogP contribution in [0.5, 0.6) is 5.75 Å². The number of aliphatic hydroxyl groups excluding tert-OH is 1. The lowest BCUT2D eigenvalue weighted by atomic mass is 10.0. The summed E-state index contributed by atoms with van der Waals surface area (Å²) in [5.74, 6) is 0.844. The van der Waals surface area contributed by atoms with Crippen molar-refractivity contribution in [1.82, 2.24) is 0 Å². The second-order valence-corrected chi connectivity index (χ2v) is 5.31. The van der Waals surface area contributed by atoms with E-state index >= 15 is 0 Å². The van der Waals surface area contributed by atoms with Crippen molar-refractivity contribution in [3.63, 3.8) is 0 Å². The Bertz CT molecular complexity index is 522. The van der Waals surface area contributed by atoms with E-state index in [4.69, 9.17) is 4.74 Å². The van der Waals surface area contributed by atoms with Gasteiger partial charge in [0.1, 0.15) is 5.75 Å². The molecule has 0 aromatic heterocycles. The van der Waals surface area contributed by atoms with Crippen molar-refractivity contribution < 1.29 is 9.84 Å². The average molecular weight is 284 g/mol. The van der Waals surface area contributed by atoms with Crippen LogP contribution in [0.4, 0.5) is 0 Å². The molecule has 1 unspecified atom stereocenters. The third-order valence-corrected chi connectivity index (χ3v) is 3.50. The van der Waals surface area contributed by atoms with Crippen LogP contribution in [-0.2, 0) is 6.42 Å². The van der Waals surface area contributed by atoms with Crippen LogP contribution in [0.1, 0.15) is 43.4 Å². The molecule has 0 fully saturated rings. The standard InChI is InChI=1S/C19H24O2/c1-2-14-21-18-12-7-11-17(15-18)19(20)13-6-10-16-8-4-3-5-9-16/h3-5,7-9,11-12,15,19-20H,2,6,10,13-14H2,1H3. The van der Waals surface area contributed by atoms with Crippen LogP contribution in [-0.4, -0.2) is 11.7 Å². The number of rotatable bonds is 8. The normalized spacial score (nSPS) is 12.1. The number of hydrogen-bond acceptors (Lipinski definition) is 2. The molecule has 0 saturated carbocycles. The molecule has 0 saturated heterocycles. The SMILES string of the molecule is CCCOc1cccc(C(O)CCCc2ccccc2)c1. The highest BCUT2D eigenvalue weighted by atomic mass is 16.5. The minimum Gasteiger partial charge on any atom is -0.494 e. The van der Waals surface area contributed by atoms with Gasteiger partial charge in [0.15, 0.2) is 0 Å². The molecule has 2 heteroatoms. The van der Waals surface area contributed by atoms with Gasteiger partial charge in [-0.15, -0.1) is 0 Å². The number of ether oxygens (including phenoxy) is 1. The second kappa shape index (κ2) is 8.48.